The van der Waals surface area contributed by atoms with Gasteiger partial charge in [0, 0.05) is 0 Å². The molecule has 0 saturated carbocycles. The fourth-order valence-corrected chi connectivity index (χ4v) is 3.88. The van der Waals surface area contributed by atoms with E-state index in [1.165, 1.54) is 0 Å². The van der Waals surface area contributed by atoms with E-state index in [4.69, 9.17) is 4.74 Å². The summed E-state index contributed by atoms with van der Waals surface area (Å²) in [6.07, 6.45) is 1.10. The molecule has 7 heteroatoms. The Bertz CT molecular complexity index is 955. The molecule has 0 heterocycles. The molecule has 0 unspecified atom stereocenters. The minimum atomic E-state index is -3.59. The summed E-state index contributed by atoms with van der Waals surface area (Å²) in [7, 11) is -3.59. The number of anilines is 1. The van der Waals surface area contributed by atoms with Crippen LogP contribution in [0.15, 0.2) is 36.4 Å². The van der Waals surface area contributed by atoms with E-state index in [2.05, 4.69) is 5.32 Å². The van der Waals surface area contributed by atoms with E-state index < -0.39 is 10.0 Å². The average Bonchev–Trinajstić information content (AvgIpc) is 2.58. The minimum absolute atomic E-state index is 0.272. The molecule has 0 saturated heterocycles. The van der Waals surface area contributed by atoms with Crippen LogP contribution in [0.1, 0.15) is 22.3 Å². The summed E-state index contributed by atoms with van der Waals surface area (Å²) < 4.78 is 31.2. The molecule has 28 heavy (non-hydrogen) atoms. The van der Waals surface area contributed by atoms with Crippen molar-refractivity contribution in [2.45, 2.75) is 27.7 Å². The molecule has 2 aromatic rings. The van der Waals surface area contributed by atoms with Gasteiger partial charge < -0.3 is 10.1 Å². The predicted molar refractivity (Wildman–Crippen MR) is 113 cm³/mol. The SMILES string of the molecule is Cc1ccc(OCCNC(=O)CN(c2ccc(C)cc2C)S(C)(=O)=O)c(C)c1. The van der Waals surface area contributed by atoms with Gasteiger partial charge in [0.25, 0.3) is 0 Å². The lowest BCUT2D eigenvalue weighted by molar-refractivity contribution is -0.119. The number of ether oxygens (including phenoxy) is 1. The second-order valence-electron chi connectivity index (χ2n) is 7.03. The van der Waals surface area contributed by atoms with Crippen molar-refractivity contribution in [1.29, 1.82) is 0 Å². The largest absolute Gasteiger partial charge is 0.491 e. The van der Waals surface area contributed by atoms with Crippen LogP contribution in [0.25, 0.3) is 0 Å². The van der Waals surface area contributed by atoms with Crippen LogP contribution in [0.3, 0.4) is 0 Å². The van der Waals surface area contributed by atoms with Gasteiger partial charge in [-0.2, -0.15) is 0 Å². The van der Waals surface area contributed by atoms with Crippen molar-refractivity contribution in [3.8, 4) is 5.75 Å². The van der Waals surface area contributed by atoms with E-state index in [0.717, 1.165) is 38.6 Å². The van der Waals surface area contributed by atoms with Crippen LogP contribution < -0.4 is 14.4 Å². The summed E-state index contributed by atoms with van der Waals surface area (Å²) in [6.45, 7) is 8.07. The molecule has 0 spiro atoms. The van der Waals surface area contributed by atoms with Crippen molar-refractivity contribution < 1.29 is 17.9 Å². The van der Waals surface area contributed by atoms with Crippen LogP contribution in [-0.4, -0.2) is 40.3 Å². The Morgan fingerprint density at radius 3 is 2.18 bits per heavy atom. The molecule has 0 atom stereocenters. The van der Waals surface area contributed by atoms with Crippen molar-refractivity contribution in [1.82, 2.24) is 5.32 Å². The van der Waals surface area contributed by atoms with Crippen LogP contribution >= 0.6 is 0 Å². The number of hydrogen-bond donors (Lipinski definition) is 1. The smallest absolute Gasteiger partial charge is 0.240 e. The Balaban J connectivity index is 1.95. The number of carbonyl (C=O) groups excluding carboxylic acids is 1. The van der Waals surface area contributed by atoms with Gasteiger partial charge in [0.05, 0.1) is 18.5 Å². The molecule has 2 aromatic carbocycles. The second-order valence-corrected chi connectivity index (χ2v) is 8.93. The lowest BCUT2D eigenvalue weighted by Gasteiger charge is -2.24. The van der Waals surface area contributed by atoms with Crippen LogP contribution in [0, 0.1) is 27.7 Å². The number of nitrogens with zero attached hydrogens (tertiary/aromatic N) is 1. The number of amides is 1. The molecular formula is C21H28N2O4S. The normalized spacial score (nSPS) is 11.2. The van der Waals surface area contributed by atoms with Gasteiger partial charge in [0.1, 0.15) is 18.9 Å². The number of nitrogens with one attached hydrogen (secondary N) is 1. The number of aryl methyl sites for hydroxylation is 4. The van der Waals surface area contributed by atoms with E-state index >= 15 is 0 Å². The van der Waals surface area contributed by atoms with E-state index in [1.54, 1.807) is 6.07 Å². The van der Waals surface area contributed by atoms with Gasteiger partial charge in [0.2, 0.25) is 15.9 Å². The molecule has 0 radical (unpaired) electrons. The van der Waals surface area contributed by atoms with Crippen LogP contribution in [-0.2, 0) is 14.8 Å². The van der Waals surface area contributed by atoms with E-state index in [0.29, 0.717) is 12.3 Å². The summed E-state index contributed by atoms with van der Waals surface area (Å²) in [4.78, 5) is 12.3. The quantitative estimate of drug-likeness (QED) is 0.687. The van der Waals surface area contributed by atoms with Gasteiger partial charge in [-0.25, -0.2) is 8.42 Å². The number of benzene rings is 2. The van der Waals surface area contributed by atoms with Crippen molar-refractivity contribution in [3.05, 3.63) is 58.7 Å². The predicted octanol–water partition coefficient (Wildman–Crippen LogP) is 2.88. The van der Waals surface area contributed by atoms with Gasteiger partial charge in [-0.1, -0.05) is 35.4 Å². The van der Waals surface area contributed by atoms with Gasteiger partial charge in [0.15, 0.2) is 0 Å². The number of rotatable bonds is 8. The molecule has 1 N–H and O–H groups in total. The molecule has 0 aliphatic carbocycles. The standard InChI is InChI=1S/C21H28N2O4S/c1-15-6-8-19(17(3)12-15)23(28(5,25)26)14-21(24)22-10-11-27-20-9-7-16(2)13-18(20)4/h6-9,12-13H,10-11,14H2,1-5H3,(H,22,24). The maximum Gasteiger partial charge on any atom is 0.240 e. The average molecular weight is 405 g/mol. The molecule has 0 aliphatic rings. The first-order valence-electron chi connectivity index (χ1n) is 9.09. The number of sulfonamides is 1. The highest BCUT2D eigenvalue weighted by Crippen LogP contribution is 2.23. The first-order chi connectivity index (χ1) is 13.1. The van der Waals surface area contributed by atoms with E-state index in [9.17, 15) is 13.2 Å². The summed E-state index contributed by atoms with van der Waals surface area (Å²) >= 11 is 0. The number of hydrogen-bond acceptors (Lipinski definition) is 4. The Labute approximate surface area is 167 Å². The summed E-state index contributed by atoms with van der Waals surface area (Å²) in [5.74, 6) is 0.391. The molecular weight excluding hydrogens is 376 g/mol. The molecule has 0 aromatic heterocycles. The highest BCUT2D eigenvalue weighted by molar-refractivity contribution is 7.92. The Morgan fingerprint density at radius 1 is 1.00 bits per heavy atom. The summed E-state index contributed by atoms with van der Waals surface area (Å²) in [5.41, 5.74) is 4.53. The van der Waals surface area contributed by atoms with Crippen LogP contribution in [0.5, 0.6) is 5.75 Å². The molecule has 2 rings (SSSR count). The van der Waals surface area contributed by atoms with Crippen molar-refractivity contribution in [2.75, 3.05) is 30.3 Å². The molecule has 0 aliphatic heterocycles. The maximum atomic E-state index is 12.3. The summed E-state index contributed by atoms with van der Waals surface area (Å²) in [5, 5.41) is 2.72. The molecule has 0 bridgehead atoms. The third kappa shape index (κ3) is 5.99. The van der Waals surface area contributed by atoms with Crippen LogP contribution in [0.2, 0.25) is 0 Å². The number of carbonyl (C=O) groups is 1. The van der Waals surface area contributed by atoms with E-state index in [1.807, 2.05) is 58.0 Å². The molecule has 0 fully saturated rings. The molecule has 6 nitrogen and oxygen atoms in total. The lowest BCUT2D eigenvalue weighted by atomic mass is 10.1. The van der Waals surface area contributed by atoms with Gasteiger partial charge >= 0.3 is 0 Å². The Hall–Kier alpha value is -2.54. The second kappa shape index (κ2) is 9.10. The third-order valence-electron chi connectivity index (χ3n) is 4.32. The van der Waals surface area contributed by atoms with Gasteiger partial charge in [-0.3, -0.25) is 9.10 Å². The highest BCUT2D eigenvalue weighted by atomic mass is 32.2. The zero-order valence-electron chi connectivity index (χ0n) is 17.1. The zero-order chi connectivity index (χ0) is 20.9. The summed E-state index contributed by atoms with van der Waals surface area (Å²) in [6, 6.07) is 11.3. The zero-order valence-corrected chi connectivity index (χ0v) is 17.9. The first-order valence-corrected chi connectivity index (χ1v) is 10.9. The fourth-order valence-electron chi connectivity index (χ4n) is 2.97. The monoisotopic (exact) mass is 404 g/mol. The maximum absolute atomic E-state index is 12.3. The third-order valence-corrected chi connectivity index (χ3v) is 5.45. The van der Waals surface area contributed by atoms with Crippen LogP contribution in [0.4, 0.5) is 5.69 Å². The molecule has 1 amide bonds. The minimum Gasteiger partial charge on any atom is -0.491 e. The molecule has 152 valence electrons. The van der Waals surface area contributed by atoms with Crippen molar-refractivity contribution in [2.24, 2.45) is 0 Å². The van der Waals surface area contributed by atoms with Gasteiger partial charge in [-0.05, 0) is 51.0 Å². The first kappa shape index (κ1) is 21.8. The highest BCUT2D eigenvalue weighted by Gasteiger charge is 2.22. The topological polar surface area (TPSA) is 75.7 Å². The Morgan fingerprint density at radius 2 is 1.61 bits per heavy atom. The van der Waals surface area contributed by atoms with E-state index in [-0.39, 0.29) is 19.0 Å². The van der Waals surface area contributed by atoms with Gasteiger partial charge in [-0.15, -0.1) is 0 Å². The van der Waals surface area contributed by atoms with Crippen molar-refractivity contribution >= 4 is 21.6 Å². The lowest BCUT2D eigenvalue weighted by Crippen LogP contribution is -2.41. The Kier molecular flexibility index (Phi) is 7.07. The van der Waals surface area contributed by atoms with Crippen molar-refractivity contribution in [3.63, 3.8) is 0 Å². The fraction of sp³-hybridized carbons (Fsp3) is 0.381.